The third kappa shape index (κ3) is 11.1. The van der Waals surface area contributed by atoms with E-state index in [-0.39, 0.29) is 40.0 Å². The number of ether oxygens (including phenoxy) is 2. The van der Waals surface area contributed by atoms with Gasteiger partial charge in [-0.25, -0.2) is 0 Å². The van der Waals surface area contributed by atoms with Crippen LogP contribution in [0.1, 0.15) is 63.5 Å². The summed E-state index contributed by atoms with van der Waals surface area (Å²) in [5.74, 6) is -0.712. The van der Waals surface area contributed by atoms with E-state index in [1.54, 1.807) is 18.2 Å². The van der Waals surface area contributed by atoms with Crippen molar-refractivity contribution in [2.75, 3.05) is 6.61 Å². The molecule has 0 aliphatic carbocycles. The van der Waals surface area contributed by atoms with E-state index in [0.29, 0.717) is 12.0 Å². The molecule has 1 unspecified atom stereocenters. The first-order valence-corrected chi connectivity index (χ1v) is 17.6. The average Bonchev–Trinajstić information content (AvgIpc) is 3.14. The minimum Gasteiger partial charge on any atom is -0.508 e. The summed E-state index contributed by atoms with van der Waals surface area (Å²) in [6, 6.07) is 8.75. The van der Waals surface area contributed by atoms with Crippen molar-refractivity contribution in [2.24, 2.45) is 0 Å². The highest BCUT2D eigenvalue weighted by Gasteiger charge is 2.46. The number of benzene rings is 2. The summed E-state index contributed by atoms with van der Waals surface area (Å²) in [7, 11) is 0. The van der Waals surface area contributed by atoms with Crippen LogP contribution in [0.15, 0.2) is 125 Å². The summed E-state index contributed by atoms with van der Waals surface area (Å²) >= 11 is 0. The van der Waals surface area contributed by atoms with Crippen LogP contribution in [-0.4, -0.2) is 62.5 Å². The summed E-state index contributed by atoms with van der Waals surface area (Å²) < 4.78 is 17.4. The molecule has 276 valence electrons. The van der Waals surface area contributed by atoms with E-state index in [0.717, 1.165) is 32.1 Å². The predicted molar refractivity (Wildman–Crippen MR) is 201 cm³/mol. The summed E-state index contributed by atoms with van der Waals surface area (Å²) in [6.07, 6.45) is 23.3. The number of fused-ring (bicyclic) bond motifs is 1. The lowest BCUT2D eigenvalue weighted by molar-refractivity contribution is -0.231. The van der Waals surface area contributed by atoms with Gasteiger partial charge in [-0.05, 0) is 68.4 Å². The van der Waals surface area contributed by atoms with Crippen molar-refractivity contribution in [3.8, 4) is 22.6 Å². The topological polar surface area (TPSA) is 167 Å². The average molecular weight is 713 g/mol. The molecule has 1 aliphatic rings. The van der Waals surface area contributed by atoms with Gasteiger partial charge in [0.1, 0.15) is 53.9 Å². The van der Waals surface area contributed by atoms with Crippen LogP contribution in [-0.2, 0) is 9.53 Å². The van der Waals surface area contributed by atoms with Crippen molar-refractivity contribution < 1.29 is 44.2 Å². The maximum Gasteiger partial charge on any atom is 0.315 e. The molecule has 2 heterocycles. The molecule has 52 heavy (non-hydrogen) atoms. The minimum atomic E-state index is -1.73. The Labute approximate surface area is 303 Å². The minimum absolute atomic E-state index is 0.0225. The molecule has 0 spiro atoms. The second-order valence-corrected chi connectivity index (χ2v) is 12.2. The Kier molecular flexibility index (Phi) is 16.0. The smallest absolute Gasteiger partial charge is 0.315 e. The molecule has 3 aromatic rings. The number of phenols is 1. The third-order valence-electron chi connectivity index (χ3n) is 8.40. The molecule has 0 amide bonds. The Bertz CT molecular complexity index is 1830. The van der Waals surface area contributed by atoms with E-state index in [4.69, 9.17) is 13.9 Å². The number of rotatable bonds is 17. The summed E-state index contributed by atoms with van der Waals surface area (Å²) in [6.45, 7) is 1.44. The Morgan fingerprint density at radius 3 is 1.87 bits per heavy atom. The first-order chi connectivity index (χ1) is 25.3. The molecule has 2 aromatic carbocycles. The Hall–Kier alpha value is -4.84. The molecule has 1 aliphatic heterocycles. The van der Waals surface area contributed by atoms with Gasteiger partial charge in [-0.2, -0.15) is 0 Å². The number of phenolic OH excluding ortho intramolecular Hbond substituents is 1. The van der Waals surface area contributed by atoms with Gasteiger partial charge in [0.05, 0.1) is 29.5 Å². The fraction of sp³-hybridized carbons (Fsp3) is 0.333. The molecule has 5 atom stereocenters. The van der Waals surface area contributed by atoms with Crippen molar-refractivity contribution in [1.82, 2.24) is 0 Å². The molecule has 1 saturated heterocycles. The van der Waals surface area contributed by atoms with Crippen LogP contribution < -0.4 is 10.2 Å². The molecule has 5 N–H and O–H groups in total. The third-order valence-corrected chi connectivity index (χ3v) is 8.40. The SMILES string of the molecule is CC/C=C/C/C=C/C/C=C/C/C=C/C/C=C/C/C=C/CC(=O)Oc1ccc2c(=O)c(-c3ccc(O)cc3)coc2c1C1O[C@H](CO)[C@@H](O)[C@H](O)[C@H]1O. The van der Waals surface area contributed by atoms with Crippen LogP contribution in [0.4, 0.5) is 0 Å². The highest BCUT2D eigenvalue weighted by molar-refractivity contribution is 5.87. The number of hydrogen-bond acceptors (Lipinski definition) is 10. The van der Waals surface area contributed by atoms with Gasteiger partial charge in [-0.1, -0.05) is 92.0 Å². The first kappa shape index (κ1) is 39.9. The van der Waals surface area contributed by atoms with Crippen LogP contribution in [0.2, 0.25) is 0 Å². The van der Waals surface area contributed by atoms with Gasteiger partial charge in [-0.3, -0.25) is 9.59 Å². The van der Waals surface area contributed by atoms with Crippen LogP contribution >= 0.6 is 0 Å². The van der Waals surface area contributed by atoms with Gasteiger partial charge in [0, 0.05) is 0 Å². The number of aliphatic hydroxyl groups excluding tert-OH is 4. The molecule has 0 radical (unpaired) electrons. The number of carbonyl (C=O) groups excluding carboxylic acids is 1. The fourth-order valence-corrected chi connectivity index (χ4v) is 5.61. The van der Waals surface area contributed by atoms with Crippen molar-refractivity contribution in [3.63, 3.8) is 0 Å². The number of aromatic hydroxyl groups is 1. The molecule has 10 nitrogen and oxygen atoms in total. The van der Waals surface area contributed by atoms with Gasteiger partial charge in [-0.15, -0.1) is 0 Å². The van der Waals surface area contributed by atoms with Crippen molar-refractivity contribution in [2.45, 2.75) is 82.4 Å². The number of aliphatic hydroxyl groups is 4. The molecule has 10 heteroatoms. The number of esters is 1. The Morgan fingerprint density at radius 1 is 0.750 bits per heavy atom. The van der Waals surface area contributed by atoms with Crippen LogP contribution in [0, 0.1) is 0 Å². The van der Waals surface area contributed by atoms with Gasteiger partial charge >= 0.3 is 5.97 Å². The molecule has 1 fully saturated rings. The Balaban J connectivity index is 1.39. The van der Waals surface area contributed by atoms with E-state index < -0.39 is 48.5 Å². The summed E-state index contributed by atoms with van der Waals surface area (Å²) in [4.78, 5) is 26.6. The first-order valence-electron chi connectivity index (χ1n) is 17.6. The van der Waals surface area contributed by atoms with Gasteiger partial charge < -0.3 is 39.4 Å². The Morgan fingerprint density at radius 2 is 1.31 bits per heavy atom. The predicted octanol–water partition coefficient (Wildman–Crippen LogP) is 6.67. The van der Waals surface area contributed by atoms with Gasteiger partial charge in [0.25, 0.3) is 0 Å². The normalized spacial score (nSPS) is 21.3. The van der Waals surface area contributed by atoms with E-state index in [1.165, 1.54) is 30.5 Å². The summed E-state index contributed by atoms with van der Waals surface area (Å²) in [5, 5.41) is 51.4. The second-order valence-electron chi connectivity index (χ2n) is 12.2. The maximum atomic E-state index is 13.6. The molecular weight excluding hydrogens is 664 g/mol. The van der Waals surface area contributed by atoms with E-state index in [2.05, 4.69) is 55.5 Å². The fourth-order valence-electron chi connectivity index (χ4n) is 5.61. The quantitative estimate of drug-likeness (QED) is 0.0579. The second kappa shape index (κ2) is 20.9. The van der Waals surface area contributed by atoms with Crippen LogP contribution in [0.3, 0.4) is 0 Å². The number of allylic oxidation sites excluding steroid dienone is 11. The lowest BCUT2D eigenvalue weighted by Crippen LogP contribution is -2.55. The highest BCUT2D eigenvalue weighted by Crippen LogP contribution is 2.41. The lowest BCUT2D eigenvalue weighted by atomic mass is 9.89. The standard InChI is InChI=1S/C42H48O10/c1-2-3-4-5-6-7-8-9-10-11-12-13-14-15-16-17-18-19-20-35(45)51-33-26-25-31-37(46)32(29-21-23-30(44)24-22-29)28-50-41(31)36(33)42-40(49)39(48)38(47)34(27-43)52-42/h3-4,6-7,9-10,12-13,15-16,18-19,21-26,28,34,38-40,42-44,47-49H,2,5,8,11,14,17,20,27H2,1H3/b4-3+,7-6+,10-9+,13-12+,16-15+,19-18+/t34-,38-,39+,40-,42?/m1/s1. The van der Waals surface area contributed by atoms with Crippen molar-refractivity contribution >= 4 is 16.9 Å². The molecule has 1 aromatic heterocycles. The van der Waals surface area contributed by atoms with E-state index in [9.17, 15) is 35.1 Å². The largest absolute Gasteiger partial charge is 0.508 e. The van der Waals surface area contributed by atoms with Crippen molar-refractivity contribution in [1.29, 1.82) is 0 Å². The molecular formula is C42H48O10. The molecule has 0 saturated carbocycles. The van der Waals surface area contributed by atoms with Gasteiger partial charge in [0.15, 0.2) is 0 Å². The van der Waals surface area contributed by atoms with E-state index in [1.807, 2.05) is 18.2 Å². The van der Waals surface area contributed by atoms with Crippen LogP contribution in [0.5, 0.6) is 11.5 Å². The van der Waals surface area contributed by atoms with Crippen LogP contribution in [0.25, 0.3) is 22.1 Å². The maximum absolute atomic E-state index is 13.6. The monoisotopic (exact) mass is 712 g/mol. The number of carbonyl (C=O) groups is 1. The zero-order valence-corrected chi connectivity index (χ0v) is 29.3. The summed E-state index contributed by atoms with van der Waals surface area (Å²) in [5.41, 5.74) is 0.106. The van der Waals surface area contributed by atoms with E-state index >= 15 is 0 Å². The van der Waals surface area contributed by atoms with Gasteiger partial charge in [0.2, 0.25) is 5.43 Å². The molecule has 4 rings (SSSR count). The molecule has 0 bridgehead atoms. The number of hydrogen-bond donors (Lipinski definition) is 5. The zero-order valence-electron chi connectivity index (χ0n) is 29.3. The zero-order chi connectivity index (χ0) is 37.3. The highest BCUT2D eigenvalue weighted by atomic mass is 16.6. The van der Waals surface area contributed by atoms with Crippen molar-refractivity contribution in [3.05, 3.63) is 131 Å². The lowest BCUT2D eigenvalue weighted by Gasteiger charge is -2.40.